The van der Waals surface area contributed by atoms with Gasteiger partial charge in [0.2, 0.25) is 0 Å². The number of anilines is 1. The molecule has 0 atom stereocenters. The van der Waals surface area contributed by atoms with Crippen LogP contribution < -0.4 is 14.8 Å². The summed E-state index contributed by atoms with van der Waals surface area (Å²) >= 11 is 3.90. The molecule has 2 aliphatic rings. The van der Waals surface area contributed by atoms with E-state index in [0.717, 1.165) is 47.7 Å². The molecule has 4 rings (SSSR count). The van der Waals surface area contributed by atoms with E-state index in [1.807, 2.05) is 30.4 Å². The van der Waals surface area contributed by atoms with E-state index < -0.39 is 11.9 Å². The molecule has 1 aliphatic heterocycles. The fraction of sp³-hybridized carbons (Fsp3) is 0.455. The average molecular weight is 464 g/mol. The van der Waals surface area contributed by atoms with Gasteiger partial charge in [0.1, 0.15) is 5.76 Å². The summed E-state index contributed by atoms with van der Waals surface area (Å²) < 4.78 is 21.5. The number of hydrogen-bond donors (Lipinski definition) is 1. The van der Waals surface area contributed by atoms with Crippen molar-refractivity contribution in [2.45, 2.75) is 30.3 Å². The molecule has 0 radical (unpaired) electrons. The molecular formula is C22H25NO6S2. The second-order valence-corrected chi connectivity index (χ2v) is 10.4. The molecule has 166 valence electrons. The van der Waals surface area contributed by atoms with Crippen LogP contribution in [0.15, 0.2) is 16.5 Å². The number of rotatable bonds is 5. The molecule has 7 nitrogen and oxygen atoms in total. The predicted octanol–water partition coefficient (Wildman–Crippen LogP) is 4.61. The maximum Gasteiger partial charge on any atom is 0.340 e. The van der Waals surface area contributed by atoms with E-state index >= 15 is 0 Å². The molecule has 1 N–H and O–H groups in total. The van der Waals surface area contributed by atoms with Crippen LogP contribution in [-0.4, -0.2) is 44.7 Å². The second-order valence-electron chi connectivity index (χ2n) is 7.36. The van der Waals surface area contributed by atoms with Crippen molar-refractivity contribution in [3.8, 4) is 11.5 Å². The molecule has 1 aromatic carbocycles. The van der Waals surface area contributed by atoms with Crippen LogP contribution >= 0.6 is 23.5 Å². The smallest absolute Gasteiger partial charge is 0.340 e. The number of nitrogens with one attached hydrogen (secondary N) is 1. The monoisotopic (exact) mass is 463 g/mol. The molecule has 1 fully saturated rings. The fourth-order valence-corrected chi connectivity index (χ4v) is 7.81. The van der Waals surface area contributed by atoms with Gasteiger partial charge >= 0.3 is 5.97 Å². The summed E-state index contributed by atoms with van der Waals surface area (Å²) in [7, 11) is 4.25. The van der Waals surface area contributed by atoms with E-state index in [1.165, 1.54) is 27.4 Å². The number of thioether (sulfide) groups is 2. The number of benzene rings is 1. The van der Waals surface area contributed by atoms with Gasteiger partial charge in [-0.05, 0) is 19.8 Å². The summed E-state index contributed by atoms with van der Waals surface area (Å²) in [5, 5.41) is 2.81. The van der Waals surface area contributed by atoms with Crippen molar-refractivity contribution in [1.29, 1.82) is 0 Å². The Morgan fingerprint density at radius 1 is 1.10 bits per heavy atom. The van der Waals surface area contributed by atoms with Crippen LogP contribution in [0.25, 0.3) is 0 Å². The van der Waals surface area contributed by atoms with Gasteiger partial charge in [-0.3, -0.25) is 4.79 Å². The third-order valence-electron chi connectivity index (χ3n) is 5.65. The highest BCUT2D eigenvalue weighted by Crippen LogP contribution is 2.59. The minimum absolute atomic E-state index is 0.0137. The molecule has 2 aromatic rings. The maximum absolute atomic E-state index is 13.2. The lowest BCUT2D eigenvalue weighted by atomic mass is 9.94. The molecule has 1 aromatic heterocycles. The number of aryl methyl sites for hydroxylation is 1. The molecule has 1 amide bonds. The normalized spacial score (nSPS) is 16.6. The number of amides is 1. The van der Waals surface area contributed by atoms with Crippen molar-refractivity contribution >= 4 is 41.1 Å². The first kappa shape index (κ1) is 22.0. The lowest BCUT2D eigenvalue weighted by Gasteiger charge is -2.31. The molecule has 1 spiro atoms. The number of hydrogen-bond acceptors (Lipinski definition) is 8. The second kappa shape index (κ2) is 8.70. The highest BCUT2D eigenvalue weighted by molar-refractivity contribution is 8.20. The Hall–Kier alpha value is -2.26. The summed E-state index contributed by atoms with van der Waals surface area (Å²) in [6.45, 7) is 1.94. The SMILES string of the molecule is COC(=O)c1cc(OC)c(OC)cc1NC(=O)c1oc2c(c1C)C1(CCC2)SCCS1. The minimum Gasteiger partial charge on any atom is -0.493 e. The number of carbonyl (C=O) groups excluding carboxylic acids is 2. The summed E-state index contributed by atoms with van der Waals surface area (Å²) in [5.74, 6) is 3.13. The predicted molar refractivity (Wildman–Crippen MR) is 122 cm³/mol. The Bertz CT molecular complexity index is 1030. The first-order valence-electron chi connectivity index (χ1n) is 10.0. The van der Waals surface area contributed by atoms with Crippen molar-refractivity contribution in [2.24, 2.45) is 0 Å². The van der Waals surface area contributed by atoms with Crippen molar-refractivity contribution in [3.63, 3.8) is 0 Å². The molecule has 1 saturated heterocycles. The zero-order valence-electron chi connectivity index (χ0n) is 18.0. The molecule has 9 heteroatoms. The van der Waals surface area contributed by atoms with Gasteiger partial charge < -0.3 is 23.9 Å². The Morgan fingerprint density at radius 2 is 1.77 bits per heavy atom. The molecule has 0 unspecified atom stereocenters. The Morgan fingerprint density at radius 3 is 2.42 bits per heavy atom. The van der Waals surface area contributed by atoms with Crippen LogP contribution in [0.3, 0.4) is 0 Å². The van der Waals surface area contributed by atoms with Gasteiger partial charge in [-0.1, -0.05) is 0 Å². The number of furan rings is 1. The van der Waals surface area contributed by atoms with Gasteiger partial charge in [0.25, 0.3) is 5.91 Å². The number of fused-ring (bicyclic) bond motifs is 2. The van der Waals surface area contributed by atoms with Crippen molar-refractivity contribution in [2.75, 3.05) is 38.2 Å². The lowest BCUT2D eigenvalue weighted by Crippen LogP contribution is -2.21. The van der Waals surface area contributed by atoms with E-state index in [2.05, 4.69) is 5.32 Å². The highest BCUT2D eigenvalue weighted by Gasteiger charge is 2.45. The maximum atomic E-state index is 13.2. The van der Waals surface area contributed by atoms with E-state index in [4.69, 9.17) is 18.6 Å². The van der Waals surface area contributed by atoms with Gasteiger partial charge in [0, 0.05) is 41.2 Å². The molecule has 1 aliphatic carbocycles. The first-order chi connectivity index (χ1) is 14.9. The van der Waals surface area contributed by atoms with Crippen LogP contribution in [0, 0.1) is 6.92 Å². The zero-order chi connectivity index (χ0) is 22.2. The van der Waals surface area contributed by atoms with Crippen LogP contribution in [0.5, 0.6) is 11.5 Å². The highest BCUT2D eigenvalue weighted by atomic mass is 32.2. The van der Waals surface area contributed by atoms with E-state index in [-0.39, 0.29) is 21.1 Å². The largest absolute Gasteiger partial charge is 0.493 e. The van der Waals surface area contributed by atoms with Crippen LogP contribution in [-0.2, 0) is 15.2 Å². The van der Waals surface area contributed by atoms with Crippen LogP contribution in [0.1, 0.15) is 50.6 Å². The van der Waals surface area contributed by atoms with Gasteiger partial charge in [0.15, 0.2) is 17.3 Å². The van der Waals surface area contributed by atoms with Crippen molar-refractivity contribution in [1.82, 2.24) is 0 Å². The number of ether oxygens (including phenoxy) is 3. The van der Waals surface area contributed by atoms with E-state index in [9.17, 15) is 9.59 Å². The quantitative estimate of drug-likeness (QED) is 0.643. The van der Waals surface area contributed by atoms with Gasteiger partial charge in [-0.15, -0.1) is 23.5 Å². The average Bonchev–Trinajstić information content (AvgIpc) is 3.38. The Labute approximate surface area is 189 Å². The van der Waals surface area contributed by atoms with Crippen molar-refractivity contribution < 1.29 is 28.2 Å². The summed E-state index contributed by atoms with van der Waals surface area (Å²) in [5.41, 5.74) is 2.47. The molecule has 2 heterocycles. The third kappa shape index (κ3) is 3.78. The Kier molecular flexibility index (Phi) is 6.16. The lowest BCUT2D eigenvalue weighted by molar-refractivity contribution is 0.0601. The molecule has 0 saturated carbocycles. The minimum atomic E-state index is -0.593. The molecule has 0 bridgehead atoms. The number of esters is 1. The topological polar surface area (TPSA) is 87.0 Å². The summed E-state index contributed by atoms with van der Waals surface area (Å²) in [6, 6.07) is 3.03. The van der Waals surface area contributed by atoms with Crippen LogP contribution in [0.4, 0.5) is 5.69 Å². The standard InChI is InChI=1S/C22H25NO6S2/c1-12-18-15(6-5-7-22(18)30-8-9-31-22)29-19(12)20(24)23-14-11-17(27-3)16(26-2)10-13(14)21(25)28-4/h10-11H,5-9H2,1-4H3,(H,23,24). The van der Waals surface area contributed by atoms with E-state index in [1.54, 1.807) is 6.07 Å². The summed E-state index contributed by atoms with van der Waals surface area (Å²) in [4.78, 5) is 25.5. The summed E-state index contributed by atoms with van der Waals surface area (Å²) in [6.07, 6.45) is 2.96. The fourth-order valence-electron chi connectivity index (χ4n) is 4.25. The van der Waals surface area contributed by atoms with Gasteiger partial charge in [-0.25, -0.2) is 4.79 Å². The molecular weight excluding hydrogens is 438 g/mol. The Balaban J connectivity index is 1.71. The zero-order valence-corrected chi connectivity index (χ0v) is 19.6. The van der Waals surface area contributed by atoms with Crippen LogP contribution in [0.2, 0.25) is 0 Å². The first-order valence-corrected chi connectivity index (χ1v) is 12.0. The van der Waals surface area contributed by atoms with Crippen molar-refractivity contribution in [3.05, 3.63) is 40.3 Å². The number of methoxy groups -OCH3 is 3. The number of carbonyl (C=O) groups is 2. The van der Waals surface area contributed by atoms with E-state index in [0.29, 0.717) is 11.5 Å². The van der Waals surface area contributed by atoms with Gasteiger partial charge in [0.05, 0.1) is 36.7 Å². The molecule has 31 heavy (non-hydrogen) atoms. The van der Waals surface area contributed by atoms with Gasteiger partial charge in [-0.2, -0.15) is 0 Å². The third-order valence-corrected chi connectivity index (χ3v) is 9.18.